The molecular weight excluding hydrogens is 384 g/mol. The molecule has 0 aromatic rings. The van der Waals surface area contributed by atoms with Crippen LogP contribution in [0.1, 0.15) is 66.2 Å². The zero-order valence-corrected chi connectivity index (χ0v) is 18.4. The lowest BCUT2D eigenvalue weighted by atomic mass is 9.45. The molecule has 6 nitrogen and oxygen atoms in total. The van der Waals surface area contributed by atoms with Crippen molar-refractivity contribution in [1.29, 1.82) is 0 Å². The van der Waals surface area contributed by atoms with Crippen molar-refractivity contribution < 1.29 is 29.3 Å². The van der Waals surface area contributed by atoms with Crippen LogP contribution in [-0.4, -0.2) is 52.0 Å². The van der Waals surface area contributed by atoms with Gasteiger partial charge in [-0.15, -0.1) is 0 Å². The summed E-state index contributed by atoms with van der Waals surface area (Å²) in [5.74, 6) is -0.569. The number of hydrogen-bond acceptors (Lipinski definition) is 6. The Morgan fingerprint density at radius 1 is 1.23 bits per heavy atom. The Morgan fingerprint density at radius 3 is 2.67 bits per heavy atom. The third-order valence-electron chi connectivity index (χ3n) is 9.45. The van der Waals surface area contributed by atoms with E-state index in [2.05, 4.69) is 13.8 Å². The number of ketones is 2. The predicted octanol–water partition coefficient (Wildman–Crippen LogP) is 2.55. The van der Waals surface area contributed by atoms with Crippen molar-refractivity contribution in [2.24, 2.45) is 28.6 Å². The van der Waals surface area contributed by atoms with Crippen LogP contribution in [0.2, 0.25) is 0 Å². The summed E-state index contributed by atoms with van der Waals surface area (Å²) in [7, 11) is 0. The van der Waals surface area contributed by atoms with Gasteiger partial charge in [0.05, 0.1) is 12.2 Å². The van der Waals surface area contributed by atoms with Crippen LogP contribution in [0.3, 0.4) is 0 Å². The monoisotopic (exact) mass is 418 g/mol. The number of hydrogen-bond donors (Lipinski definition) is 2. The molecule has 1 heterocycles. The number of carbonyl (C=O) groups is 2. The molecule has 0 spiro atoms. The van der Waals surface area contributed by atoms with Gasteiger partial charge >= 0.3 is 0 Å². The van der Waals surface area contributed by atoms with Crippen LogP contribution in [0, 0.1) is 28.6 Å². The average Bonchev–Trinajstić information content (AvgIpc) is 3.07. The second-order valence-corrected chi connectivity index (χ2v) is 11.2. The summed E-state index contributed by atoms with van der Waals surface area (Å²) < 4.78 is 12.6. The number of aliphatic hydroxyl groups excluding tert-OH is 2. The fraction of sp³-hybridized carbons (Fsp3) is 0.833. The van der Waals surface area contributed by atoms with Crippen LogP contribution in [-0.2, 0) is 19.1 Å². The van der Waals surface area contributed by atoms with Crippen molar-refractivity contribution >= 4 is 11.6 Å². The van der Waals surface area contributed by atoms with Crippen LogP contribution in [0.4, 0.5) is 0 Å². The van der Waals surface area contributed by atoms with Gasteiger partial charge < -0.3 is 19.7 Å². The van der Waals surface area contributed by atoms with E-state index >= 15 is 0 Å². The Hall–Kier alpha value is -1.08. The lowest BCUT2D eigenvalue weighted by Gasteiger charge is -2.60. The van der Waals surface area contributed by atoms with Gasteiger partial charge in [0.25, 0.3) is 0 Å². The zero-order chi connectivity index (χ0) is 21.7. The normalized spacial score (nSPS) is 51.5. The van der Waals surface area contributed by atoms with E-state index in [4.69, 9.17) is 9.47 Å². The van der Waals surface area contributed by atoms with Crippen LogP contribution < -0.4 is 0 Å². The lowest BCUT2D eigenvalue weighted by Crippen LogP contribution is -2.64. The Bertz CT molecular complexity index is 832. The molecule has 30 heavy (non-hydrogen) atoms. The average molecular weight is 419 g/mol. The molecule has 8 atom stereocenters. The summed E-state index contributed by atoms with van der Waals surface area (Å²) in [5.41, 5.74) is -0.810. The van der Waals surface area contributed by atoms with E-state index in [1.165, 1.54) is 5.57 Å². The molecule has 1 saturated heterocycles. The topological polar surface area (TPSA) is 93.1 Å². The van der Waals surface area contributed by atoms with Crippen molar-refractivity contribution in [3.63, 3.8) is 0 Å². The van der Waals surface area contributed by atoms with Crippen LogP contribution in [0.15, 0.2) is 11.6 Å². The maximum absolute atomic E-state index is 13.2. The Kier molecular flexibility index (Phi) is 4.33. The fourth-order valence-corrected chi connectivity index (χ4v) is 8.40. The Morgan fingerprint density at radius 2 is 1.97 bits per heavy atom. The molecule has 5 rings (SSSR count). The third-order valence-corrected chi connectivity index (χ3v) is 9.45. The van der Waals surface area contributed by atoms with E-state index in [9.17, 15) is 19.8 Å². The first-order valence-electron chi connectivity index (χ1n) is 11.4. The molecular formula is C24H34O6. The fourth-order valence-electron chi connectivity index (χ4n) is 8.40. The van der Waals surface area contributed by atoms with Crippen LogP contribution in [0.25, 0.3) is 0 Å². The van der Waals surface area contributed by atoms with Gasteiger partial charge in [-0.3, -0.25) is 9.59 Å². The quantitative estimate of drug-likeness (QED) is 0.716. The summed E-state index contributed by atoms with van der Waals surface area (Å²) >= 11 is 0. The number of carbonyl (C=O) groups excluding carboxylic acids is 2. The number of aliphatic hydroxyl groups is 2. The maximum atomic E-state index is 13.2. The highest BCUT2D eigenvalue weighted by Crippen LogP contribution is 2.70. The minimum atomic E-state index is -1.22. The number of ether oxygens (including phenoxy) is 2. The first-order chi connectivity index (χ1) is 14.0. The first kappa shape index (κ1) is 20.8. The molecule has 0 aromatic heterocycles. The molecule has 166 valence electrons. The number of allylic oxidation sites excluding steroid dienone is 1. The summed E-state index contributed by atoms with van der Waals surface area (Å²) in [6.45, 7) is 7.32. The van der Waals surface area contributed by atoms with Gasteiger partial charge in [0.15, 0.2) is 23.0 Å². The van der Waals surface area contributed by atoms with Crippen molar-refractivity contribution in [3.8, 4) is 0 Å². The zero-order valence-electron chi connectivity index (χ0n) is 18.4. The number of Topliss-reactive ketones (excluding diaryl/α,β-unsaturated/α-hetero) is 1. The number of rotatable bonds is 2. The van der Waals surface area contributed by atoms with Gasteiger partial charge in [-0.05, 0) is 75.2 Å². The van der Waals surface area contributed by atoms with Gasteiger partial charge in [-0.2, -0.15) is 0 Å². The van der Waals surface area contributed by atoms with Gasteiger partial charge in [0.2, 0.25) is 0 Å². The van der Waals surface area contributed by atoms with Crippen molar-refractivity contribution in [3.05, 3.63) is 11.6 Å². The largest absolute Gasteiger partial charge is 0.393 e. The van der Waals surface area contributed by atoms with E-state index in [1.807, 2.05) is 19.9 Å². The molecule has 0 unspecified atom stereocenters. The highest BCUT2D eigenvalue weighted by molar-refractivity contribution is 5.92. The first-order valence-corrected chi connectivity index (χ1v) is 11.4. The lowest BCUT2D eigenvalue weighted by molar-refractivity contribution is -0.227. The summed E-state index contributed by atoms with van der Waals surface area (Å²) in [6, 6.07) is 0. The number of fused-ring (bicyclic) bond motifs is 7. The Labute approximate surface area is 178 Å². The molecule has 0 radical (unpaired) electrons. The molecule has 0 aromatic carbocycles. The van der Waals surface area contributed by atoms with E-state index in [1.54, 1.807) is 0 Å². The van der Waals surface area contributed by atoms with E-state index in [0.29, 0.717) is 19.3 Å². The standard InChI is InChI=1S/C24H34O6/c1-21(2)29-19-10-16-15-6-5-13-9-14(26)7-8-22(13,3)20(15)17(27)11-23(16,4)24(19,30-21)18(28)12-25/h9,15-17,19-20,25,27H,5-8,10-12H2,1-4H3/t15-,16-,17+,19-,20+,22+,23+,24+/m1/s1. The maximum Gasteiger partial charge on any atom is 0.193 e. The molecule has 4 fully saturated rings. The minimum Gasteiger partial charge on any atom is -0.393 e. The molecule has 6 heteroatoms. The van der Waals surface area contributed by atoms with Crippen molar-refractivity contribution in [2.75, 3.05) is 6.61 Å². The molecule has 0 amide bonds. The van der Waals surface area contributed by atoms with Gasteiger partial charge in [0.1, 0.15) is 6.61 Å². The molecule has 2 N–H and O–H groups in total. The van der Waals surface area contributed by atoms with Gasteiger partial charge in [-0.1, -0.05) is 19.4 Å². The second-order valence-electron chi connectivity index (χ2n) is 11.2. The third kappa shape index (κ3) is 2.39. The Balaban J connectivity index is 1.58. The van der Waals surface area contributed by atoms with Gasteiger partial charge in [-0.25, -0.2) is 0 Å². The second kappa shape index (κ2) is 6.25. The molecule has 4 aliphatic carbocycles. The molecule has 5 aliphatic rings. The van der Waals surface area contributed by atoms with E-state index < -0.39 is 35.6 Å². The van der Waals surface area contributed by atoms with Crippen molar-refractivity contribution in [2.45, 2.75) is 89.8 Å². The highest BCUT2D eigenvalue weighted by Gasteiger charge is 2.76. The van der Waals surface area contributed by atoms with E-state index in [0.717, 1.165) is 19.3 Å². The molecule has 0 bridgehead atoms. The summed E-state index contributed by atoms with van der Waals surface area (Å²) in [4.78, 5) is 25.2. The molecule has 3 saturated carbocycles. The molecule has 1 aliphatic heterocycles. The summed E-state index contributed by atoms with van der Waals surface area (Å²) in [6.07, 6.45) is 5.05. The highest BCUT2D eigenvalue weighted by atomic mass is 16.8. The van der Waals surface area contributed by atoms with Crippen LogP contribution in [0.5, 0.6) is 0 Å². The smallest absolute Gasteiger partial charge is 0.193 e. The van der Waals surface area contributed by atoms with Crippen LogP contribution >= 0.6 is 0 Å². The predicted molar refractivity (Wildman–Crippen MR) is 108 cm³/mol. The SMILES string of the molecule is CC1(C)O[C@@H]2C[C@@H]3[C@H]4CCC5=CC(=O)CC[C@]5(C)[C@@H]4[C@@H](O)C[C@]3(C)[C@@]2(C(=O)CO)O1. The van der Waals surface area contributed by atoms with E-state index in [-0.39, 0.29) is 34.7 Å². The summed E-state index contributed by atoms with van der Waals surface area (Å²) in [5, 5.41) is 21.4. The minimum absolute atomic E-state index is 0.0665. The van der Waals surface area contributed by atoms with Gasteiger partial charge in [0, 0.05) is 11.8 Å². The van der Waals surface area contributed by atoms with Crippen molar-refractivity contribution in [1.82, 2.24) is 0 Å².